The average Bonchev–Trinajstić information content (AvgIpc) is 2.36. The van der Waals surface area contributed by atoms with Gasteiger partial charge >= 0.3 is 11.9 Å². The van der Waals surface area contributed by atoms with E-state index >= 15 is 0 Å². The second-order valence-electron chi connectivity index (χ2n) is 5.07. The maximum absolute atomic E-state index is 11.6. The third-order valence-corrected chi connectivity index (χ3v) is 3.60. The highest BCUT2D eigenvalue weighted by molar-refractivity contribution is 5.86. The number of nitrogens with two attached hydrogens (primary N) is 1. The number of rotatable bonds is 6. The molecule has 1 saturated carbocycles. The first-order chi connectivity index (χ1) is 8.87. The standard InChI is InChI=1S/C12H20N2O5/c13-8(6-9(15)16)10(17)14-7-12(11(18)19)4-2-1-3-5-12/h8H,1-7,13H2,(H,14,17)(H,15,16)(H,18,19). The second-order valence-corrected chi connectivity index (χ2v) is 5.07. The molecule has 0 heterocycles. The number of hydrogen-bond donors (Lipinski definition) is 4. The van der Waals surface area contributed by atoms with Crippen molar-refractivity contribution in [3.05, 3.63) is 0 Å². The number of amides is 1. The number of carbonyl (C=O) groups excluding carboxylic acids is 1. The summed E-state index contributed by atoms with van der Waals surface area (Å²) in [7, 11) is 0. The van der Waals surface area contributed by atoms with E-state index in [0.29, 0.717) is 12.8 Å². The Balaban J connectivity index is 2.54. The van der Waals surface area contributed by atoms with Crippen LogP contribution < -0.4 is 11.1 Å². The second kappa shape index (κ2) is 6.51. The third-order valence-electron chi connectivity index (χ3n) is 3.60. The lowest BCUT2D eigenvalue weighted by Gasteiger charge is -2.33. The SMILES string of the molecule is NC(CC(=O)O)C(=O)NCC1(C(=O)O)CCCCC1. The van der Waals surface area contributed by atoms with Crippen molar-refractivity contribution in [2.24, 2.45) is 11.1 Å². The number of hydrogen-bond acceptors (Lipinski definition) is 4. The Hall–Kier alpha value is -1.63. The summed E-state index contributed by atoms with van der Waals surface area (Å²) >= 11 is 0. The fourth-order valence-corrected chi connectivity index (χ4v) is 2.36. The number of aliphatic carboxylic acids is 2. The molecule has 7 nitrogen and oxygen atoms in total. The molecule has 0 aromatic rings. The van der Waals surface area contributed by atoms with Gasteiger partial charge in [0.2, 0.25) is 5.91 Å². The first kappa shape index (κ1) is 15.4. The molecular weight excluding hydrogens is 252 g/mol. The van der Waals surface area contributed by atoms with Crippen molar-refractivity contribution < 1.29 is 24.6 Å². The summed E-state index contributed by atoms with van der Waals surface area (Å²) in [5, 5.41) is 20.3. The minimum Gasteiger partial charge on any atom is -0.481 e. The molecule has 0 aliphatic heterocycles. The van der Waals surface area contributed by atoms with Crippen molar-refractivity contribution in [3.63, 3.8) is 0 Å². The highest BCUT2D eigenvalue weighted by Crippen LogP contribution is 2.35. The lowest BCUT2D eigenvalue weighted by molar-refractivity contribution is -0.151. The maximum atomic E-state index is 11.6. The highest BCUT2D eigenvalue weighted by Gasteiger charge is 2.40. The molecule has 0 aromatic carbocycles. The molecule has 1 unspecified atom stereocenters. The third kappa shape index (κ3) is 4.20. The van der Waals surface area contributed by atoms with Crippen molar-refractivity contribution in [3.8, 4) is 0 Å². The van der Waals surface area contributed by atoms with Gasteiger partial charge in [-0.05, 0) is 12.8 Å². The molecule has 0 aromatic heterocycles. The van der Waals surface area contributed by atoms with Crippen molar-refractivity contribution in [1.82, 2.24) is 5.32 Å². The molecule has 0 radical (unpaired) electrons. The van der Waals surface area contributed by atoms with Crippen molar-refractivity contribution >= 4 is 17.8 Å². The van der Waals surface area contributed by atoms with Crippen LogP contribution in [0, 0.1) is 5.41 Å². The largest absolute Gasteiger partial charge is 0.481 e. The molecule has 19 heavy (non-hydrogen) atoms. The summed E-state index contributed by atoms with van der Waals surface area (Å²) in [4.78, 5) is 33.4. The van der Waals surface area contributed by atoms with Crippen LogP contribution in [0.5, 0.6) is 0 Å². The van der Waals surface area contributed by atoms with Crippen molar-refractivity contribution in [2.45, 2.75) is 44.6 Å². The van der Waals surface area contributed by atoms with E-state index < -0.39 is 35.7 Å². The van der Waals surface area contributed by atoms with Gasteiger partial charge in [-0.15, -0.1) is 0 Å². The van der Waals surface area contributed by atoms with E-state index in [1.54, 1.807) is 0 Å². The number of carbonyl (C=O) groups is 3. The lowest BCUT2D eigenvalue weighted by atomic mass is 9.74. The first-order valence-corrected chi connectivity index (χ1v) is 6.36. The van der Waals surface area contributed by atoms with Gasteiger partial charge in [-0.1, -0.05) is 19.3 Å². The van der Waals surface area contributed by atoms with Gasteiger partial charge in [-0.25, -0.2) is 0 Å². The van der Waals surface area contributed by atoms with Gasteiger partial charge in [0.15, 0.2) is 0 Å². The molecule has 1 fully saturated rings. The summed E-state index contributed by atoms with van der Waals surface area (Å²) < 4.78 is 0. The molecule has 5 N–H and O–H groups in total. The van der Waals surface area contributed by atoms with Crippen molar-refractivity contribution in [1.29, 1.82) is 0 Å². The van der Waals surface area contributed by atoms with Crippen LogP contribution in [0.1, 0.15) is 38.5 Å². The predicted molar refractivity (Wildman–Crippen MR) is 66.4 cm³/mol. The number of carboxylic acid groups (broad SMARTS) is 2. The first-order valence-electron chi connectivity index (χ1n) is 6.36. The van der Waals surface area contributed by atoms with Gasteiger partial charge in [0.1, 0.15) is 0 Å². The van der Waals surface area contributed by atoms with Gasteiger partial charge in [0.05, 0.1) is 17.9 Å². The monoisotopic (exact) mass is 272 g/mol. The van der Waals surface area contributed by atoms with Crippen LogP contribution in [-0.4, -0.2) is 40.6 Å². The van der Waals surface area contributed by atoms with Crippen LogP contribution in [0.3, 0.4) is 0 Å². The topological polar surface area (TPSA) is 130 Å². The maximum Gasteiger partial charge on any atom is 0.311 e. The Morgan fingerprint density at radius 2 is 1.74 bits per heavy atom. The fraction of sp³-hybridized carbons (Fsp3) is 0.750. The molecule has 1 atom stereocenters. The minimum atomic E-state index is -1.16. The van der Waals surface area contributed by atoms with Crippen molar-refractivity contribution in [2.75, 3.05) is 6.54 Å². The van der Waals surface area contributed by atoms with Gasteiger partial charge < -0.3 is 21.3 Å². The quantitative estimate of drug-likeness (QED) is 0.536. The van der Waals surface area contributed by atoms with Crippen LogP contribution in [0.4, 0.5) is 0 Å². The number of carboxylic acids is 2. The zero-order valence-corrected chi connectivity index (χ0v) is 10.7. The predicted octanol–water partition coefficient (Wildman–Crippen LogP) is -0.0603. The zero-order chi connectivity index (χ0) is 14.5. The highest BCUT2D eigenvalue weighted by atomic mass is 16.4. The Kier molecular flexibility index (Phi) is 5.29. The Morgan fingerprint density at radius 1 is 1.16 bits per heavy atom. The minimum absolute atomic E-state index is 0.00842. The molecule has 1 aliphatic carbocycles. The van der Waals surface area contributed by atoms with Crippen LogP contribution in [0.2, 0.25) is 0 Å². The van der Waals surface area contributed by atoms with Gasteiger partial charge in [-0.2, -0.15) is 0 Å². The van der Waals surface area contributed by atoms with Gasteiger partial charge in [0.25, 0.3) is 0 Å². The summed E-state index contributed by atoms with van der Waals surface area (Å²) in [6.45, 7) is 0.00842. The summed E-state index contributed by atoms with van der Waals surface area (Å²) in [5.41, 5.74) is 4.48. The summed E-state index contributed by atoms with van der Waals surface area (Å²) in [5.74, 6) is -2.69. The van der Waals surface area contributed by atoms with E-state index in [0.717, 1.165) is 19.3 Å². The molecule has 0 saturated heterocycles. The molecule has 1 rings (SSSR count). The molecule has 1 amide bonds. The average molecular weight is 272 g/mol. The summed E-state index contributed by atoms with van der Waals surface area (Å²) in [6.07, 6.45) is 3.23. The fourth-order valence-electron chi connectivity index (χ4n) is 2.36. The smallest absolute Gasteiger partial charge is 0.311 e. The molecule has 1 aliphatic rings. The van der Waals surface area contributed by atoms with Crippen LogP contribution >= 0.6 is 0 Å². The van der Waals surface area contributed by atoms with E-state index in [9.17, 15) is 19.5 Å². The summed E-state index contributed by atoms with van der Waals surface area (Å²) in [6, 6.07) is -1.15. The van der Waals surface area contributed by atoms with E-state index in [2.05, 4.69) is 5.32 Å². The molecule has 108 valence electrons. The van der Waals surface area contributed by atoms with Crippen LogP contribution in [-0.2, 0) is 14.4 Å². The van der Waals surface area contributed by atoms with Gasteiger partial charge in [0, 0.05) is 6.54 Å². The molecule has 7 heteroatoms. The zero-order valence-electron chi connectivity index (χ0n) is 10.7. The van der Waals surface area contributed by atoms with Crippen LogP contribution in [0.25, 0.3) is 0 Å². The number of nitrogens with one attached hydrogen (secondary N) is 1. The normalized spacial score (nSPS) is 19.4. The molecule has 0 bridgehead atoms. The van der Waals surface area contributed by atoms with Crippen LogP contribution in [0.15, 0.2) is 0 Å². The van der Waals surface area contributed by atoms with E-state index in [4.69, 9.17) is 10.8 Å². The van der Waals surface area contributed by atoms with E-state index in [1.807, 2.05) is 0 Å². The van der Waals surface area contributed by atoms with E-state index in [-0.39, 0.29) is 6.54 Å². The lowest BCUT2D eigenvalue weighted by Crippen LogP contribution is -2.49. The van der Waals surface area contributed by atoms with Gasteiger partial charge in [-0.3, -0.25) is 14.4 Å². The van der Waals surface area contributed by atoms with E-state index in [1.165, 1.54) is 0 Å². The Labute approximate surface area is 111 Å². The Morgan fingerprint density at radius 3 is 2.21 bits per heavy atom. The molecule has 0 spiro atoms. The Bertz CT molecular complexity index is 363. The molecular formula is C12H20N2O5.